The van der Waals surface area contributed by atoms with Crippen LogP contribution in [0.3, 0.4) is 0 Å². The van der Waals surface area contributed by atoms with E-state index in [0.29, 0.717) is 18.4 Å². The summed E-state index contributed by atoms with van der Waals surface area (Å²) in [6, 6.07) is 18.1. The van der Waals surface area contributed by atoms with Crippen molar-refractivity contribution in [1.82, 2.24) is 9.97 Å². The largest absolute Gasteiger partial charge is 0.492 e. The third kappa shape index (κ3) is 4.34. The topological polar surface area (TPSA) is 62.3 Å². The van der Waals surface area contributed by atoms with Gasteiger partial charge in [0.2, 0.25) is 5.95 Å². The quantitative estimate of drug-likeness (QED) is 0.608. The summed E-state index contributed by atoms with van der Waals surface area (Å²) in [5.41, 5.74) is 3.12. The first-order valence-corrected chi connectivity index (χ1v) is 9.76. The summed E-state index contributed by atoms with van der Waals surface area (Å²) in [4.78, 5) is 11.3. The Morgan fingerprint density at radius 2 is 1.75 bits per heavy atom. The van der Waals surface area contributed by atoms with E-state index >= 15 is 0 Å². The van der Waals surface area contributed by atoms with E-state index in [-0.39, 0.29) is 0 Å². The first-order valence-electron chi connectivity index (χ1n) is 9.76. The van der Waals surface area contributed by atoms with Gasteiger partial charge in [-0.05, 0) is 62.2 Å². The zero-order valence-electron chi connectivity index (χ0n) is 16.1. The van der Waals surface area contributed by atoms with Gasteiger partial charge in [0.1, 0.15) is 11.6 Å². The molecule has 2 heterocycles. The molecule has 28 heavy (non-hydrogen) atoms. The minimum absolute atomic E-state index is 0.549. The van der Waals surface area contributed by atoms with Crippen LogP contribution in [0, 0.1) is 0 Å². The average molecular weight is 375 g/mol. The van der Waals surface area contributed by atoms with E-state index in [4.69, 9.17) is 4.74 Å². The summed E-state index contributed by atoms with van der Waals surface area (Å²) >= 11 is 0. The molecule has 0 unspecified atom stereocenters. The molecule has 0 bridgehead atoms. The molecule has 0 aliphatic carbocycles. The molecule has 0 spiro atoms. The zero-order valence-corrected chi connectivity index (χ0v) is 16.1. The minimum Gasteiger partial charge on any atom is -0.492 e. The monoisotopic (exact) mass is 375 g/mol. The van der Waals surface area contributed by atoms with Crippen LogP contribution in [0.15, 0.2) is 60.8 Å². The highest BCUT2D eigenvalue weighted by Crippen LogP contribution is 2.27. The zero-order chi connectivity index (χ0) is 19.2. The molecule has 6 heteroatoms. The maximum absolute atomic E-state index is 5.66. The predicted molar refractivity (Wildman–Crippen MR) is 114 cm³/mol. The molecule has 1 aliphatic heterocycles. The van der Waals surface area contributed by atoms with Crippen LogP contribution in [0.2, 0.25) is 0 Å². The lowest BCUT2D eigenvalue weighted by Crippen LogP contribution is -2.17. The van der Waals surface area contributed by atoms with Crippen LogP contribution in [0.5, 0.6) is 5.75 Å². The molecule has 1 fully saturated rings. The van der Waals surface area contributed by atoms with Crippen molar-refractivity contribution in [3.8, 4) is 5.75 Å². The second-order valence-corrected chi connectivity index (χ2v) is 6.69. The van der Waals surface area contributed by atoms with Crippen molar-refractivity contribution in [3.63, 3.8) is 0 Å². The molecule has 6 nitrogen and oxygen atoms in total. The number of aromatic nitrogens is 2. The van der Waals surface area contributed by atoms with Crippen molar-refractivity contribution in [2.24, 2.45) is 0 Å². The number of para-hydroxylation sites is 2. The molecule has 4 rings (SSSR count). The van der Waals surface area contributed by atoms with E-state index in [2.05, 4.69) is 49.8 Å². The number of nitrogens with one attached hydrogen (secondary N) is 2. The maximum Gasteiger partial charge on any atom is 0.229 e. The summed E-state index contributed by atoms with van der Waals surface area (Å²) in [6.07, 6.45) is 4.29. The third-order valence-electron chi connectivity index (χ3n) is 4.70. The third-order valence-corrected chi connectivity index (χ3v) is 4.70. The highest BCUT2D eigenvalue weighted by Gasteiger charge is 2.12. The Morgan fingerprint density at radius 1 is 0.964 bits per heavy atom. The Balaban J connectivity index is 1.45. The smallest absolute Gasteiger partial charge is 0.229 e. The predicted octanol–water partition coefficient (Wildman–Crippen LogP) is 4.96. The lowest BCUT2D eigenvalue weighted by Gasteiger charge is -2.17. The van der Waals surface area contributed by atoms with Gasteiger partial charge in [-0.1, -0.05) is 12.1 Å². The first-order chi connectivity index (χ1) is 13.8. The van der Waals surface area contributed by atoms with Crippen LogP contribution in [0.25, 0.3) is 0 Å². The fourth-order valence-corrected chi connectivity index (χ4v) is 3.34. The molecule has 2 aromatic carbocycles. The maximum atomic E-state index is 5.66. The standard InChI is InChI=1S/C22H25N5O/c1-2-28-20-8-4-3-7-19(20)25-21-13-14-23-22(26-21)24-17-9-11-18(12-10-17)27-15-5-6-16-27/h3-4,7-14H,2,5-6,15-16H2,1H3,(H2,23,24,25,26). The molecule has 0 radical (unpaired) electrons. The summed E-state index contributed by atoms with van der Waals surface area (Å²) in [6.45, 7) is 4.88. The highest BCUT2D eigenvalue weighted by atomic mass is 16.5. The molecule has 1 aliphatic rings. The minimum atomic E-state index is 0.549. The molecular formula is C22H25N5O. The Kier molecular flexibility index (Phi) is 5.56. The number of hydrogen-bond acceptors (Lipinski definition) is 6. The number of ether oxygens (including phenoxy) is 1. The molecule has 3 aromatic rings. The van der Waals surface area contributed by atoms with Gasteiger partial charge in [-0.15, -0.1) is 0 Å². The molecule has 0 saturated carbocycles. The fraction of sp³-hybridized carbons (Fsp3) is 0.273. The van der Waals surface area contributed by atoms with E-state index < -0.39 is 0 Å². The second-order valence-electron chi connectivity index (χ2n) is 6.69. The summed E-state index contributed by atoms with van der Waals surface area (Å²) in [7, 11) is 0. The SMILES string of the molecule is CCOc1ccccc1Nc1ccnc(Nc2ccc(N3CCCC3)cc2)n1. The van der Waals surface area contributed by atoms with E-state index in [0.717, 1.165) is 30.2 Å². The molecule has 2 N–H and O–H groups in total. The lowest BCUT2D eigenvalue weighted by molar-refractivity contribution is 0.342. The van der Waals surface area contributed by atoms with Gasteiger partial charge in [0.05, 0.1) is 12.3 Å². The molecule has 0 atom stereocenters. The van der Waals surface area contributed by atoms with Crippen LogP contribution in [-0.2, 0) is 0 Å². The Hall–Kier alpha value is -3.28. The first kappa shape index (κ1) is 18.1. The van der Waals surface area contributed by atoms with Crippen molar-refractivity contribution >= 4 is 28.8 Å². The molecule has 1 saturated heterocycles. The molecule has 144 valence electrons. The summed E-state index contributed by atoms with van der Waals surface area (Å²) in [5, 5.41) is 6.58. The number of hydrogen-bond donors (Lipinski definition) is 2. The van der Waals surface area contributed by atoms with Gasteiger partial charge >= 0.3 is 0 Å². The van der Waals surface area contributed by atoms with E-state index in [1.165, 1.54) is 18.5 Å². The Labute approximate surface area is 165 Å². The van der Waals surface area contributed by atoms with Gasteiger partial charge in [0.25, 0.3) is 0 Å². The normalized spacial score (nSPS) is 13.4. The molecular weight excluding hydrogens is 350 g/mol. The summed E-state index contributed by atoms with van der Waals surface area (Å²) in [5.74, 6) is 2.06. The van der Waals surface area contributed by atoms with E-state index in [1.54, 1.807) is 6.20 Å². The number of rotatable bonds is 7. The van der Waals surface area contributed by atoms with Crippen LogP contribution in [-0.4, -0.2) is 29.7 Å². The van der Waals surface area contributed by atoms with Gasteiger partial charge in [0.15, 0.2) is 0 Å². The van der Waals surface area contributed by atoms with Crippen molar-refractivity contribution in [3.05, 3.63) is 60.8 Å². The van der Waals surface area contributed by atoms with Crippen molar-refractivity contribution in [2.45, 2.75) is 19.8 Å². The van der Waals surface area contributed by atoms with Crippen molar-refractivity contribution in [2.75, 3.05) is 35.2 Å². The number of anilines is 5. The van der Waals surface area contributed by atoms with Gasteiger partial charge in [-0.3, -0.25) is 0 Å². The van der Waals surface area contributed by atoms with Gasteiger partial charge < -0.3 is 20.3 Å². The van der Waals surface area contributed by atoms with E-state index in [9.17, 15) is 0 Å². The van der Waals surface area contributed by atoms with Gasteiger partial charge in [0, 0.05) is 30.7 Å². The highest BCUT2D eigenvalue weighted by molar-refractivity contribution is 5.65. The molecule has 0 amide bonds. The van der Waals surface area contributed by atoms with Crippen molar-refractivity contribution in [1.29, 1.82) is 0 Å². The Bertz CT molecular complexity index is 907. The van der Waals surface area contributed by atoms with E-state index in [1.807, 2.05) is 37.3 Å². The Morgan fingerprint density at radius 3 is 2.54 bits per heavy atom. The molecule has 1 aromatic heterocycles. The number of benzene rings is 2. The summed E-state index contributed by atoms with van der Waals surface area (Å²) < 4.78 is 5.66. The second kappa shape index (κ2) is 8.61. The van der Waals surface area contributed by atoms with Gasteiger partial charge in [-0.2, -0.15) is 4.98 Å². The van der Waals surface area contributed by atoms with Crippen molar-refractivity contribution < 1.29 is 4.74 Å². The van der Waals surface area contributed by atoms with Crippen LogP contribution in [0.4, 0.5) is 28.8 Å². The fourth-order valence-electron chi connectivity index (χ4n) is 3.34. The van der Waals surface area contributed by atoms with Crippen LogP contribution < -0.4 is 20.3 Å². The van der Waals surface area contributed by atoms with Gasteiger partial charge in [-0.25, -0.2) is 4.98 Å². The number of nitrogens with zero attached hydrogens (tertiary/aromatic N) is 3. The lowest BCUT2D eigenvalue weighted by atomic mass is 10.2. The van der Waals surface area contributed by atoms with Crippen LogP contribution in [0.1, 0.15) is 19.8 Å². The van der Waals surface area contributed by atoms with Crippen LogP contribution >= 0.6 is 0 Å². The average Bonchev–Trinajstić information content (AvgIpc) is 3.25.